The van der Waals surface area contributed by atoms with Gasteiger partial charge in [0.1, 0.15) is 17.7 Å². The van der Waals surface area contributed by atoms with Crippen molar-refractivity contribution in [1.29, 1.82) is 0 Å². The molecule has 1 aliphatic rings. The number of fused-ring (bicyclic) bond motifs is 2. The van der Waals surface area contributed by atoms with E-state index in [0.29, 0.717) is 17.3 Å². The van der Waals surface area contributed by atoms with Gasteiger partial charge in [-0.05, 0) is 92.4 Å². The van der Waals surface area contributed by atoms with E-state index in [9.17, 15) is 9.18 Å². The van der Waals surface area contributed by atoms with E-state index in [1.165, 1.54) is 34.6 Å². The van der Waals surface area contributed by atoms with Crippen molar-refractivity contribution >= 4 is 28.1 Å². The SMILES string of the molecule is Cc1cnc(C(=O)N2Cc3cc(C)c(C)cc3[C@@H](Oc3ccc4c(cnn4-c4ccc(F)cc4)c3)[C@@H]2C)s1. The average Bonchev–Trinajstić information content (AvgIpc) is 3.53. The highest BCUT2D eigenvalue weighted by Crippen LogP contribution is 2.38. The Labute approximate surface area is 224 Å². The van der Waals surface area contributed by atoms with Crippen LogP contribution >= 0.6 is 11.3 Å². The van der Waals surface area contributed by atoms with Crippen LogP contribution in [0.2, 0.25) is 0 Å². The molecule has 3 aromatic carbocycles. The van der Waals surface area contributed by atoms with Gasteiger partial charge in [0.25, 0.3) is 5.91 Å². The van der Waals surface area contributed by atoms with Gasteiger partial charge in [0.2, 0.25) is 0 Å². The van der Waals surface area contributed by atoms with Gasteiger partial charge in [-0.15, -0.1) is 11.3 Å². The largest absolute Gasteiger partial charge is 0.484 e. The summed E-state index contributed by atoms with van der Waals surface area (Å²) in [5, 5.41) is 5.91. The molecule has 0 fully saturated rings. The van der Waals surface area contributed by atoms with Crippen molar-refractivity contribution in [3.8, 4) is 11.4 Å². The molecular formula is C30H27FN4O2S. The van der Waals surface area contributed by atoms with E-state index in [0.717, 1.165) is 32.6 Å². The first kappa shape index (κ1) is 24.3. The number of aromatic nitrogens is 3. The molecule has 0 spiro atoms. The minimum absolute atomic E-state index is 0.0795. The van der Waals surface area contributed by atoms with Gasteiger partial charge in [-0.25, -0.2) is 14.1 Å². The van der Waals surface area contributed by atoms with Crippen molar-refractivity contribution in [2.75, 3.05) is 0 Å². The predicted molar refractivity (Wildman–Crippen MR) is 146 cm³/mol. The Morgan fingerprint density at radius 2 is 1.79 bits per heavy atom. The molecule has 38 heavy (non-hydrogen) atoms. The number of carbonyl (C=O) groups excluding carboxylic acids is 1. The zero-order valence-corrected chi connectivity index (χ0v) is 22.4. The molecule has 2 aromatic heterocycles. The lowest BCUT2D eigenvalue weighted by molar-refractivity contribution is 0.0374. The lowest BCUT2D eigenvalue weighted by Crippen LogP contribution is -2.46. The molecular weight excluding hydrogens is 499 g/mol. The molecule has 0 radical (unpaired) electrons. The fraction of sp³-hybridized carbons (Fsp3) is 0.233. The molecule has 0 saturated heterocycles. The smallest absolute Gasteiger partial charge is 0.283 e. The summed E-state index contributed by atoms with van der Waals surface area (Å²) in [6.07, 6.45) is 3.16. The van der Waals surface area contributed by atoms with E-state index < -0.39 is 0 Å². The summed E-state index contributed by atoms with van der Waals surface area (Å²) in [6, 6.07) is 16.2. The van der Waals surface area contributed by atoms with Crippen LogP contribution in [-0.2, 0) is 6.54 Å². The summed E-state index contributed by atoms with van der Waals surface area (Å²) in [7, 11) is 0. The van der Waals surface area contributed by atoms with Crippen molar-refractivity contribution < 1.29 is 13.9 Å². The maximum Gasteiger partial charge on any atom is 0.283 e. The highest BCUT2D eigenvalue weighted by atomic mass is 32.1. The van der Waals surface area contributed by atoms with Crippen LogP contribution in [-0.4, -0.2) is 31.6 Å². The van der Waals surface area contributed by atoms with Crippen molar-refractivity contribution in [3.05, 3.63) is 105 Å². The van der Waals surface area contributed by atoms with Crippen LogP contribution in [0.5, 0.6) is 5.75 Å². The van der Waals surface area contributed by atoms with Gasteiger partial charge in [0.05, 0.1) is 23.4 Å². The molecule has 0 saturated carbocycles. The van der Waals surface area contributed by atoms with E-state index in [1.807, 2.05) is 36.9 Å². The highest BCUT2D eigenvalue weighted by molar-refractivity contribution is 7.13. The quantitative estimate of drug-likeness (QED) is 0.261. The number of halogens is 1. The summed E-state index contributed by atoms with van der Waals surface area (Å²) in [5.41, 5.74) is 6.23. The molecule has 0 unspecified atom stereocenters. The molecule has 6 nitrogen and oxygen atoms in total. The van der Waals surface area contributed by atoms with Crippen LogP contribution in [0.1, 0.15) is 50.0 Å². The monoisotopic (exact) mass is 526 g/mol. The Bertz CT molecular complexity index is 1670. The number of ether oxygens (including phenoxy) is 1. The minimum atomic E-state index is -0.354. The van der Waals surface area contributed by atoms with E-state index in [1.54, 1.807) is 29.2 Å². The summed E-state index contributed by atoms with van der Waals surface area (Å²) in [6.45, 7) is 8.69. The second-order valence-electron chi connectivity index (χ2n) is 9.88. The number of amides is 1. The molecule has 0 bridgehead atoms. The molecule has 8 heteroatoms. The lowest BCUT2D eigenvalue weighted by Gasteiger charge is -2.40. The standard InChI is InChI=1S/C30H27FN4O2S/c1-17-11-22-16-34(30(36)29-32-14-19(3)38-29)20(4)28(26(22)12-18(17)2)37-25-9-10-27-21(13-25)15-33-35(27)24-7-5-23(31)6-8-24/h5-15,20,28H,16H2,1-4H3/t20-,28-/m0/s1. The summed E-state index contributed by atoms with van der Waals surface area (Å²) >= 11 is 1.41. The summed E-state index contributed by atoms with van der Waals surface area (Å²) in [4.78, 5) is 20.7. The Balaban J connectivity index is 1.36. The first-order valence-electron chi connectivity index (χ1n) is 12.5. The van der Waals surface area contributed by atoms with Crippen LogP contribution in [0, 0.1) is 26.6 Å². The molecule has 5 aromatic rings. The first-order valence-corrected chi connectivity index (χ1v) is 13.3. The maximum atomic E-state index is 13.5. The molecule has 0 N–H and O–H groups in total. The van der Waals surface area contributed by atoms with Gasteiger partial charge in [-0.1, -0.05) is 12.1 Å². The number of thiazole rings is 1. The van der Waals surface area contributed by atoms with Gasteiger partial charge in [0, 0.05) is 23.0 Å². The van der Waals surface area contributed by atoms with Gasteiger partial charge in [-0.3, -0.25) is 4.79 Å². The third-order valence-corrected chi connectivity index (χ3v) is 8.17. The van der Waals surface area contributed by atoms with Gasteiger partial charge in [-0.2, -0.15) is 5.10 Å². The van der Waals surface area contributed by atoms with E-state index in [4.69, 9.17) is 4.74 Å². The molecule has 2 atom stereocenters. The molecule has 192 valence electrons. The van der Waals surface area contributed by atoms with Crippen molar-refractivity contribution in [2.24, 2.45) is 0 Å². The first-order chi connectivity index (χ1) is 18.3. The molecule has 1 amide bonds. The fourth-order valence-electron chi connectivity index (χ4n) is 5.07. The third-order valence-electron chi connectivity index (χ3n) is 7.27. The number of rotatable bonds is 4. The van der Waals surface area contributed by atoms with Crippen molar-refractivity contribution in [3.63, 3.8) is 0 Å². The van der Waals surface area contributed by atoms with Crippen LogP contribution in [0.15, 0.2) is 67.0 Å². The Kier molecular flexibility index (Phi) is 5.99. The Hall–Kier alpha value is -4.04. The average molecular weight is 527 g/mol. The van der Waals surface area contributed by atoms with Crippen molar-refractivity contribution in [2.45, 2.75) is 46.4 Å². The normalized spacial score (nSPS) is 17.0. The van der Waals surface area contributed by atoms with Gasteiger partial charge < -0.3 is 9.64 Å². The molecule has 3 heterocycles. The maximum absolute atomic E-state index is 13.5. The van der Waals surface area contributed by atoms with E-state index in [-0.39, 0.29) is 23.9 Å². The number of benzene rings is 3. The summed E-state index contributed by atoms with van der Waals surface area (Å²) in [5.74, 6) is 0.325. The number of nitrogens with zero attached hydrogens (tertiary/aromatic N) is 4. The number of carbonyl (C=O) groups is 1. The zero-order valence-electron chi connectivity index (χ0n) is 21.6. The summed E-state index contributed by atoms with van der Waals surface area (Å²) < 4.78 is 21.8. The molecule has 6 rings (SSSR count). The number of aryl methyl sites for hydroxylation is 3. The van der Waals surface area contributed by atoms with Crippen LogP contribution < -0.4 is 4.74 Å². The zero-order chi connectivity index (χ0) is 26.6. The van der Waals surface area contributed by atoms with Crippen LogP contribution in [0.4, 0.5) is 4.39 Å². The third kappa shape index (κ3) is 4.24. The fourth-order valence-corrected chi connectivity index (χ4v) is 5.79. The highest BCUT2D eigenvalue weighted by Gasteiger charge is 2.38. The van der Waals surface area contributed by atoms with Crippen LogP contribution in [0.25, 0.3) is 16.6 Å². The lowest BCUT2D eigenvalue weighted by atomic mass is 9.88. The second kappa shape index (κ2) is 9.36. The van der Waals surface area contributed by atoms with Gasteiger partial charge >= 0.3 is 0 Å². The molecule has 1 aliphatic heterocycles. The number of hydrogen-bond acceptors (Lipinski definition) is 5. The Morgan fingerprint density at radius 1 is 1.03 bits per heavy atom. The van der Waals surface area contributed by atoms with E-state index >= 15 is 0 Å². The van der Waals surface area contributed by atoms with E-state index in [2.05, 4.69) is 36.1 Å². The second-order valence-corrected chi connectivity index (χ2v) is 11.1. The van der Waals surface area contributed by atoms with Crippen molar-refractivity contribution in [1.82, 2.24) is 19.7 Å². The molecule has 0 aliphatic carbocycles. The Morgan fingerprint density at radius 3 is 2.53 bits per heavy atom. The number of hydrogen-bond donors (Lipinski definition) is 0. The minimum Gasteiger partial charge on any atom is -0.484 e. The predicted octanol–water partition coefficient (Wildman–Crippen LogP) is 6.71. The van der Waals surface area contributed by atoms with Crippen LogP contribution in [0.3, 0.4) is 0 Å². The van der Waals surface area contributed by atoms with Gasteiger partial charge in [0.15, 0.2) is 5.01 Å². The topological polar surface area (TPSA) is 60.3 Å².